The molecular weight excluding hydrogens is 62.0 g/mol. The molecule has 0 heterocycles. The van der Waals surface area contributed by atoms with Crippen LogP contribution in [0.3, 0.4) is 0 Å². The lowest BCUT2D eigenvalue weighted by atomic mass is 13.1. The van der Waals surface area contributed by atoms with Crippen molar-refractivity contribution in [2.45, 2.75) is 0 Å². The molecular formula is H3NO3. The molecule has 4 heavy (non-hydrogen) atoms. The van der Waals surface area contributed by atoms with Crippen LogP contribution in [0.15, 0.2) is 0 Å². The van der Waals surface area contributed by atoms with Gasteiger partial charge in [-0.1, -0.05) is 0 Å². The molecule has 26 valence electrons. The first-order valence-electron chi connectivity index (χ1n) is 0.565. The van der Waals surface area contributed by atoms with Gasteiger partial charge in [-0.05, 0) is 0 Å². The van der Waals surface area contributed by atoms with Gasteiger partial charge in [-0.3, -0.25) is 0 Å². The highest BCUT2D eigenvalue weighted by atomic mass is 16.9. The van der Waals surface area contributed by atoms with Crippen molar-refractivity contribution in [3.8, 4) is 0 Å². The monoisotopic (exact) mass is 65.0 g/mol. The Labute approximate surface area is 23.3 Å². The van der Waals surface area contributed by atoms with Gasteiger partial charge in [0.25, 0.3) is 5.09 Å². The second kappa shape index (κ2) is 0.655. The third-order valence-corrected chi connectivity index (χ3v) is 0. The Balaban J connectivity index is 0. The Bertz CT molecular complexity index is 29.9. The number of hydrogen-bond acceptors (Lipinski definition) is 2. The van der Waals surface area contributed by atoms with Crippen LogP contribution in [-0.2, 0) is 0 Å². The minimum Gasteiger partial charge on any atom is -0.328 e. The summed E-state index contributed by atoms with van der Waals surface area (Å²) in [5.41, 5.74) is 0. The van der Waals surface area contributed by atoms with E-state index in [2.05, 4.69) is 0 Å². The molecule has 0 unspecified atom stereocenters. The van der Waals surface area contributed by atoms with Crippen molar-refractivity contribution in [1.29, 1.82) is 0 Å². The second-order valence-electron chi connectivity index (χ2n) is 0.238. The van der Waals surface area contributed by atoms with E-state index in [4.69, 9.17) is 15.3 Å². The van der Waals surface area contributed by atoms with Gasteiger partial charge in [-0.25, -0.2) is 0 Å². The zero-order valence-electron chi connectivity index (χ0n) is 1.71. The van der Waals surface area contributed by atoms with E-state index in [1.807, 2.05) is 0 Å². The molecule has 4 nitrogen and oxygen atoms in total. The van der Waals surface area contributed by atoms with Gasteiger partial charge in [0.1, 0.15) is 0 Å². The summed E-state index contributed by atoms with van der Waals surface area (Å²) in [5.74, 6) is 0. The molecule has 0 saturated carbocycles. The lowest BCUT2D eigenvalue weighted by Crippen LogP contribution is -1.81. The maximum absolute atomic E-state index is 8.36. The summed E-state index contributed by atoms with van der Waals surface area (Å²) in [6.45, 7) is 0. The van der Waals surface area contributed by atoms with Gasteiger partial charge < -0.3 is 5.21 Å². The number of hydrogen-bond donors (Lipinski definition) is 1. The summed E-state index contributed by atoms with van der Waals surface area (Å²) in [6, 6.07) is 0. The van der Waals surface area contributed by atoms with Crippen molar-refractivity contribution in [3.05, 3.63) is 10.1 Å². The van der Waals surface area contributed by atoms with E-state index in [1.165, 1.54) is 0 Å². The fourth-order valence-corrected chi connectivity index (χ4v) is 0. The van der Waals surface area contributed by atoms with Crippen molar-refractivity contribution >= 4 is 0 Å². The van der Waals surface area contributed by atoms with E-state index in [9.17, 15) is 0 Å². The van der Waals surface area contributed by atoms with Gasteiger partial charge in [-0.15, -0.1) is 10.1 Å². The molecule has 0 fully saturated rings. The van der Waals surface area contributed by atoms with Gasteiger partial charge in [-0.2, -0.15) is 0 Å². The Kier molecular flexibility index (Phi) is 0.524. The largest absolute Gasteiger partial charge is 0.328 e. The van der Waals surface area contributed by atoms with Gasteiger partial charge >= 0.3 is 0 Å². The molecule has 0 radical (unpaired) electrons. The van der Waals surface area contributed by atoms with Crippen LogP contribution >= 0.6 is 0 Å². The van der Waals surface area contributed by atoms with E-state index in [0.29, 0.717) is 0 Å². The Morgan fingerprint density at radius 3 is 2.25 bits per heavy atom. The maximum atomic E-state index is 8.36. The van der Waals surface area contributed by atoms with Crippen molar-refractivity contribution in [2.75, 3.05) is 0 Å². The SMILES string of the molecule is O=[N+]([O-])O.[HH]. The smallest absolute Gasteiger partial charge is 0.291 e. The fourth-order valence-electron chi connectivity index (χ4n) is 0. The van der Waals surface area contributed by atoms with Crippen molar-refractivity contribution < 1.29 is 11.7 Å². The summed E-state index contributed by atoms with van der Waals surface area (Å²) in [6.07, 6.45) is 0. The van der Waals surface area contributed by atoms with Crippen LogP contribution in [0, 0.1) is 10.1 Å². The topological polar surface area (TPSA) is 63.4 Å². The molecule has 0 spiro atoms. The lowest BCUT2D eigenvalue weighted by molar-refractivity contribution is -0.742. The molecule has 0 aromatic rings. The normalized spacial score (nSPS) is 6.00. The van der Waals surface area contributed by atoms with Crippen molar-refractivity contribution in [1.82, 2.24) is 0 Å². The average Bonchev–Trinajstić information content (AvgIpc) is 0.811. The van der Waals surface area contributed by atoms with Crippen LogP contribution in [-0.4, -0.2) is 10.3 Å². The van der Waals surface area contributed by atoms with E-state index in [-0.39, 0.29) is 1.43 Å². The molecule has 0 atom stereocenters. The molecule has 0 rings (SSSR count). The molecule has 0 aliphatic carbocycles. The quantitative estimate of drug-likeness (QED) is 0.316. The second-order valence-corrected chi connectivity index (χ2v) is 0.238. The molecule has 0 aliphatic rings. The third-order valence-electron chi connectivity index (χ3n) is 0. The lowest BCUT2D eigenvalue weighted by Gasteiger charge is -1.56. The molecule has 0 aliphatic heterocycles. The highest BCUT2D eigenvalue weighted by Crippen LogP contribution is 1.38. The molecule has 4 heteroatoms. The first-order valence-corrected chi connectivity index (χ1v) is 0.565. The van der Waals surface area contributed by atoms with Crippen molar-refractivity contribution in [2.24, 2.45) is 0 Å². The molecule has 0 saturated heterocycles. The predicted octanol–water partition coefficient (Wildman–Crippen LogP) is -0.102. The summed E-state index contributed by atoms with van der Waals surface area (Å²) in [5, 5.41) is 13.6. The van der Waals surface area contributed by atoms with Crippen LogP contribution in [0.4, 0.5) is 0 Å². The zero-order chi connectivity index (χ0) is 3.58. The van der Waals surface area contributed by atoms with Crippen LogP contribution in [0.25, 0.3) is 0 Å². The summed E-state index contributed by atoms with van der Waals surface area (Å²) < 4.78 is 0. The van der Waals surface area contributed by atoms with Crippen LogP contribution in [0.2, 0.25) is 0 Å². The number of nitrogens with zero attached hydrogens (tertiary/aromatic N) is 1. The molecule has 0 aromatic carbocycles. The first kappa shape index (κ1) is 3.20. The van der Waals surface area contributed by atoms with E-state index < -0.39 is 5.09 Å². The number of rotatable bonds is 0. The Morgan fingerprint density at radius 2 is 2.25 bits per heavy atom. The fraction of sp³-hybridized carbons (Fsp3) is 0. The minimum atomic E-state index is -1.50. The average molecular weight is 65.0 g/mol. The summed E-state index contributed by atoms with van der Waals surface area (Å²) >= 11 is 0. The molecule has 1 N–H and O–H groups in total. The zero-order valence-corrected chi connectivity index (χ0v) is 1.71. The van der Waals surface area contributed by atoms with Crippen molar-refractivity contribution in [3.63, 3.8) is 0 Å². The van der Waals surface area contributed by atoms with Gasteiger partial charge in [0.15, 0.2) is 0 Å². The van der Waals surface area contributed by atoms with Gasteiger partial charge in [0.05, 0.1) is 0 Å². The maximum Gasteiger partial charge on any atom is 0.291 e. The molecule has 0 bridgehead atoms. The van der Waals surface area contributed by atoms with Crippen LogP contribution in [0.1, 0.15) is 1.43 Å². The van der Waals surface area contributed by atoms with Gasteiger partial charge in [0, 0.05) is 1.43 Å². The van der Waals surface area contributed by atoms with Crippen LogP contribution in [0.5, 0.6) is 0 Å². The van der Waals surface area contributed by atoms with E-state index >= 15 is 0 Å². The minimum absolute atomic E-state index is 0. The Hall–Kier alpha value is -0.800. The third kappa shape index (κ3) is 0.0750. The first-order chi connectivity index (χ1) is 1.73. The highest BCUT2D eigenvalue weighted by molar-refractivity contribution is 3.83. The van der Waals surface area contributed by atoms with Gasteiger partial charge in [0.2, 0.25) is 0 Å². The van der Waals surface area contributed by atoms with E-state index in [0.717, 1.165) is 0 Å². The molecule has 0 aromatic heterocycles. The van der Waals surface area contributed by atoms with Crippen LogP contribution < -0.4 is 0 Å². The standard InChI is InChI=1S/HNO3.H2/c2-1(3)4;/h(H,2,3,4);1H. The molecule has 0 amide bonds. The summed E-state index contributed by atoms with van der Waals surface area (Å²) in [4.78, 5) is 8.36. The Morgan fingerprint density at radius 1 is 2.25 bits per heavy atom. The highest BCUT2D eigenvalue weighted by Gasteiger charge is 1.65. The van der Waals surface area contributed by atoms with E-state index in [1.54, 1.807) is 0 Å². The summed E-state index contributed by atoms with van der Waals surface area (Å²) in [7, 11) is 0. The predicted molar refractivity (Wildman–Crippen MR) is 10.9 cm³/mol.